The number of anilines is 1. The van der Waals surface area contributed by atoms with Crippen LogP contribution in [0, 0.1) is 6.92 Å². The average Bonchev–Trinajstić information content (AvgIpc) is 3.27. The molecule has 0 saturated carbocycles. The fourth-order valence-electron chi connectivity index (χ4n) is 3.08. The van der Waals surface area contributed by atoms with Crippen molar-refractivity contribution in [3.63, 3.8) is 0 Å². The molecule has 0 fully saturated rings. The highest BCUT2D eigenvalue weighted by Gasteiger charge is 2.15. The first-order valence-electron chi connectivity index (χ1n) is 9.10. The Labute approximate surface area is 167 Å². The highest BCUT2D eigenvalue weighted by Crippen LogP contribution is 2.27. The fourth-order valence-corrected chi connectivity index (χ4v) is 3.81. The summed E-state index contributed by atoms with van der Waals surface area (Å²) in [6.45, 7) is 6.20. The van der Waals surface area contributed by atoms with Gasteiger partial charge in [-0.1, -0.05) is 0 Å². The van der Waals surface area contributed by atoms with Crippen molar-refractivity contribution in [2.45, 2.75) is 33.2 Å². The molecule has 0 saturated heterocycles. The molecule has 0 spiro atoms. The van der Waals surface area contributed by atoms with E-state index in [9.17, 15) is 0 Å². The highest BCUT2D eigenvalue weighted by atomic mass is 32.1. The summed E-state index contributed by atoms with van der Waals surface area (Å²) in [5.41, 5.74) is 3.80. The number of ether oxygens (including phenoxy) is 1. The van der Waals surface area contributed by atoms with Gasteiger partial charge in [0, 0.05) is 35.8 Å². The smallest absolute Gasteiger partial charge is 0.215 e. The van der Waals surface area contributed by atoms with E-state index in [1.54, 1.807) is 13.3 Å². The third-order valence-electron chi connectivity index (χ3n) is 4.22. The van der Waals surface area contributed by atoms with Crippen LogP contribution in [0.2, 0.25) is 0 Å². The largest absolute Gasteiger partial charge is 0.481 e. The summed E-state index contributed by atoms with van der Waals surface area (Å²) in [5.74, 6) is 2.16. The Bertz CT molecular complexity index is 1120. The van der Waals surface area contributed by atoms with Crippen molar-refractivity contribution in [2.75, 3.05) is 12.4 Å². The Kier molecular flexibility index (Phi) is 4.95. The predicted molar refractivity (Wildman–Crippen MR) is 112 cm³/mol. The zero-order chi connectivity index (χ0) is 19.7. The van der Waals surface area contributed by atoms with Crippen LogP contribution in [0.25, 0.3) is 16.7 Å². The molecule has 0 aliphatic carbocycles. The van der Waals surface area contributed by atoms with Crippen LogP contribution in [-0.4, -0.2) is 37.0 Å². The lowest BCUT2D eigenvalue weighted by atomic mass is 10.3. The molecule has 0 aliphatic rings. The van der Waals surface area contributed by atoms with Crippen molar-refractivity contribution in [3.05, 3.63) is 53.1 Å². The van der Waals surface area contributed by atoms with Gasteiger partial charge in [-0.25, -0.2) is 15.0 Å². The van der Waals surface area contributed by atoms with Crippen LogP contribution in [0.15, 0.2) is 36.7 Å². The normalized spacial score (nSPS) is 11.3. The van der Waals surface area contributed by atoms with Gasteiger partial charge in [0.2, 0.25) is 5.88 Å². The number of aromatic nitrogens is 5. The molecule has 0 aromatic carbocycles. The maximum absolute atomic E-state index is 5.27. The number of pyridine rings is 1. The number of nitrogens with one attached hydrogen (secondary N) is 1. The highest BCUT2D eigenvalue weighted by molar-refractivity contribution is 7.05. The van der Waals surface area contributed by atoms with Gasteiger partial charge < -0.3 is 14.6 Å². The molecule has 4 rings (SSSR count). The molecule has 1 N–H and O–H groups in total. The van der Waals surface area contributed by atoms with Gasteiger partial charge in [-0.2, -0.15) is 4.37 Å². The summed E-state index contributed by atoms with van der Waals surface area (Å²) in [5, 5.41) is 3.47. The van der Waals surface area contributed by atoms with Crippen LogP contribution < -0.4 is 10.1 Å². The van der Waals surface area contributed by atoms with Crippen molar-refractivity contribution in [2.24, 2.45) is 0 Å². The Hall–Kier alpha value is -3.00. The van der Waals surface area contributed by atoms with Gasteiger partial charge >= 0.3 is 0 Å². The maximum atomic E-state index is 5.27. The minimum absolute atomic E-state index is 0.243. The van der Waals surface area contributed by atoms with Crippen LogP contribution >= 0.6 is 11.5 Å². The van der Waals surface area contributed by atoms with Crippen LogP contribution in [-0.2, 0) is 6.42 Å². The summed E-state index contributed by atoms with van der Waals surface area (Å²) in [6.07, 6.45) is 4.40. The lowest BCUT2D eigenvalue weighted by Crippen LogP contribution is -2.14. The number of hydrogen-bond donors (Lipinski definition) is 1. The molecule has 4 heterocycles. The van der Waals surface area contributed by atoms with Crippen molar-refractivity contribution in [1.82, 2.24) is 23.9 Å². The Morgan fingerprint density at radius 2 is 2.07 bits per heavy atom. The molecule has 0 radical (unpaired) electrons. The number of rotatable bonds is 6. The first-order chi connectivity index (χ1) is 13.5. The van der Waals surface area contributed by atoms with E-state index in [-0.39, 0.29) is 6.04 Å². The van der Waals surface area contributed by atoms with Gasteiger partial charge in [-0.05, 0) is 50.5 Å². The second-order valence-electron chi connectivity index (χ2n) is 6.87. The van der Waals surface area contributed by atoms with Crippen molar-refractivity contribution < 1.29 is 4.74 Å². The van der Waals surface area contributed by atoms with E-state index >= 15 is 0 Å². The molecule has 0 unspecified atom stereocenters. The standard InChI is InChI=1S/C20H22N6OS/c1-12(2)22-20-19-16(23-17(24-20)11-15-9-13(3)25-28-15)6-8-26(19)14-5-7-21-18(10-14)27-4/h5-10,12H,11H2,1-4H3,(H,22,23,24). The third kappa shape index (κ3) is 3.68. The van der Waals surface area contributed by atoms with Crippen LogP contribution in [0.1, 0.15) is 30.2 Å². The molecule has 28 heavy (non-hydrogen) atoms. The van der Waals surface area contributed by atoms with Crippen LogP contribution in [0.4, 0.5) is 5.82 Å². The van der Waals surface area contributed by atoms with Gasteiger partial charge in [0.1, 0.15) is 11.3 Å². The Morgan fingerprint density at radius 3 is 2.79 bits per heavy atom. The first kappa shape index (κ1) is 18.4. The number of aryl methyl sites for hydroxylation is 1. The molecule has 8 heteroatoms. The molecule has 0 aliphatic heterocycles. The molecular formula is C20H22N6OS. The van der Waals surface area contributed by atoms with E-state index in [4.69, 9.17) is 14.7 Å². The summed E-state index contributed by atoms with van der Waals surface area (Å²) in [4.78, 5) is 15.0. The summed E-state index contributed by atoms with van der Waals surface area (Å²) in [6, 6.07) is 8.17. The van der Waals surface area contributed by atoms with E-state index in [0.717, 1.165) is 38.9 Å². The first-order valence-corrected chi connectivity index (χ1v) is 9.88. The van der Waals surface area contributed by atoms with Crippen LogP contribution in [0.5, 0.6) is 5.88 Å². The Balaban J connectivity index is 1.82. The lowest BCUT2D eigenvalue weighted by molar-refractivity contribution is 0.397. The molecular weight excluding hydrogens is 372 g/mol. The van der Waals surface area contributed by atoms with Crippen molar-refractivity contribution >= 4 is 28.4 Å². The van der Waals surface area contributed by atoms with Gasteiger partial charge in [-0.15, -0.1) is 0 Å². The van der Waals surface area contributed by atoms with E-state index in [1.807, 2.05) is 31.3 Å². The predicted octanol–water partition coefficient (Wildman–Crippen LogP) is 4.00. The molecule has 7 nitrogen and oxygen atoms in total. The third-order valence-corrected chi connectivity index (χ3v) is 5.10. The average molecular weight is 395 g/mol. The minimum Gasteiger partial charge on any atom is -0.481 e. The SMILES string of the molecule is COc1cc(-n2ccc3nc(Cc4cc(C)ns4)nc(NC(C)C)c32)ccn1. The number of fused-ring (bicyclic) bond motifs is 1. The Morgan fingerprint density at radius 1 is 1.21 bits per heavy atom. The lowest BCUT2D eigenvalue weighted by Gasteiger charge is -2.14. The monoisotopic (exact) mass is 394 g/mol. The zero-order valence-electron chi connectivity index (χ0n) is 16.3. The minimum atomic E-state index is 0.243. The molecule has 0 amide bonds. The summed E-state index contributed by atoms with van der Waals surface area (Å²) < 4.78 is 11.7. The van der Waals surface area contributed by atoms with E-state index < -0.39 is 0 Å². The van der Waals surface area contributed by atoms with Gasteiger partial charge in [0.25, 0.3) is 0 Å². The quantitative estimate of drug-likeness (QED) is 0.533. The van der Waals surface area contributed by atoms with Gasteiger partial charge in [-0.3, -0.25) is 0 Å². The molecule has 144 valence electrons. The van der Waals surface area contributed by atoms with Crippen LogP contribution in [0.3, 0.4) is 0 Å². The van der Waals surface area contributed by atoms with E-state index in [2.05, 4.69) is 39.2 Å². The number of nitrogens with zero attached hydrogens (tertiary/aromatic N) is 5. The zero-order valence-corrected chi connectivity index (χ0v) is 17.1. The van der Waals surface area contributed by atoms with Crippen molar-refractivity contribution in [3.8, 4) is 11.6 Å². The molecule has 0 atom stereocenters. The number of methoxy groups -OCH3 is 1. The topological polar surface area (TPSA) is 77.8 Å². The summed E-state index contributed by atoms with van der Waals surface area (Å²) >= 11 is 1.50. The fraction of sp³-hybridized carbons (Fsp3) is 0.300. The maximum Gasteiger partial charge on any atom is 0.215 e. The second-order valence-corrected chi connectivity index (χ2v) is 7.76. The summed E-state index contributed by atoms with van der Waals surface area (Å²) in [7, 11) is 1.61. The van der Waals surface area contributed by atoms with Gasteiger partial charge in [0.05, 0.1) is 24.0 Å². The number of hydrogen-bond acceptors (Lipinski definition) is 7. The molecule has 4 aromatic rings. The van der Waals surface area contributed by atoms with E-state index in [1.165, 1.54) is 11.5 Å². The van der Waals surface area contributed by atoms with Gasteiger partial charge in [0.15, 0.2) is 5.82 Å². The van der Waals surface area contributed by atoms with E-state index in [0.29, 0.717) is 12.3 Å². The van der Waals surface area contributed by atoms with Crippen molar-refractivity contribution in [1.29, 1.82) is 0 Å². The molecule has 0 bridgehead atoms. The second kappa shape index (κ2) is 7.55. The molecule has 4 aromatic heterocycles.